The van der Waals surface area contributed by atoms with E-state index in [4.69, 9.17) is 5.73 Å². The highest BCUT2D eigenvalue weighted by Crippen LogP contribution is 2.32. The molecule has 1 aliphatic heterocycles. The lowest BCUT2D eigenvalue weighted by atomic mass is 9.95. The molecule has 2 fully saturated rings. The number of nitrogens with two attached hydrogens (primary N) is 1. The summed E-state index contributed by atoms with van der Waals surface area (Å²) < 4.78 is 0. The molecule has 3 rings (SSSR count). The van der Waals surface area contributed by atoms with E-state index in [0.29, 0.717) is 12.5 Å². The zero-order valence-corrected chi connectivity index (χ0v) is 13.9. The predicted octanol–water partition coefficient (Wildman–Crippen LogP) is 2.44. The Morgan fingerprint density at radius 2 is 2.14 bits per heavy atom. The Kier molecular flexibility index (Phi) is 5.44. The molecule has 2 heterocycles. The number of nitrogens with zero attached hydrogens (tertiary/aromatic N) is 2. The third-order valence-electron chi connectivity index (χ3n) is 4.91. The first kappa shape index (κ1) is 15.9. The minimum Gasteiger partial charge on any atom is -0.330 e. The molecule has 1 amide bonds. The van der Waals surface area contributed by atoms with Crippen LogP contribution in [0, 0.1) is 11.8 Å². The van der Waals surface area contributed by atoms with Crippen LogP contribution in [0.2, 0.25) is 0 Å². The van der Waals surface area contributed by atoms with Crippen molar-refractivity contribution in [2.24, 2.45) is 17.6 Å². The molecule has 1 aromatic heterocycles. The number of carbonyl (C=O) groups is 1. The molecule has 2 atom stereocenters. The Labute approximate surface area is 136 Å². The molecule has 1 saturated carbocycles. The van der Waals surface area contributed by atoms with E-state index >= 15 is 0 Å². The Morgan fingerprint density at radius 3 is 2.91 bits per heavy atom. The zero-order valence-electron chi connectivity index (χ0n) is 13.1. The minimum absolute atomic E-state index is 0.0689. The standard InChI is InChI=1S/C16H26N4OS/c17-9-12-5-4-6-14(12)15(21)19-16-18-13(11-22-16)10-20-7-2-1-3-8-20/h11-12,14H,1-10,17H2,(H,18,19,21)/t12-,14-/m1/s1. The summed E-state index contributed by atoms with van der Waals surface area (Å²) in [6, 6.07) is 0. The monoisotopic (exact) mass is 322 g/mol. The molecule has 5 nitrogen and oxygen atoms in total. The van der Waals surface area contributed by atoms with E-state index in [1.54, 1.807) is 0 Å². The van der Waals surface area contributed by atoms with E-state index in [9.17, 15) is 4.79 Å². The van der Waals surface area contributed by atoms with E-state index in [1.165, 1.54) is 43.7 Å². The van der Waals surface area contributed by atoms with Gasteiger partial charge in [0.15, 0.2) is 5.13 Å². The van der Waals surface area contributed by atoms with Gasteiger partial charge in [0.1, 0.15) is 0 Å². The second-order valence-corrected chi connectivity index (χ2v) is 7.36. The molecular weight excluding hydrogens is 296 g/mol. The van der Waals surface area contributed by atoms with E-state index < -0.39 is 0 Å². The summed E-state index contributed by atoms with van der Waals surface area (Å²) in [6.45, 7) is 3.84. The Hall–Kier alpha value is -0.980. The van der Waals surface area contributed by atoms with Gasteiger partial charge in [0.2, 0.25) is 5.91 Å². The molecule has 0 unspecified atom stereocenters. The van der Waals surface area contributed by atoms with Crippen molar-refractivity contribution in [3.8, 4) is 0 Å². The maximum Gasteiger partial charge on any atom is 0.229 e. The average molecular weight is 322 g/mol. The van der Waals surface area contributed by atoms with E-state index in [-0.39, 0.29) is 11.8 Å². The predicted molar refractivity (Wildman–Crippen MR) is 89.8 cm³/mol. The van der Waals surface area contributed by atoms with Crippen molar-refractivity contribution < 1.29 is 4.79 Å². The van der Waals surface area contributed by atoms with Crippen LogP contribution >= 0.6 is 11.3 Å². The fraction of sp³-hybridized carbons (Fsp3) is 0.750. The topological polar surface area (TPSA) is 71.2 Å². The van der Waals surface area contributed by atoms with Crippen LogP contribution in [0.15, 0.2) is 5.38 Å². The normalized spacial score (nSPS) is 26.2. The number of piperidine rings is 1. The molecule has 1 aromatic rings. The van der Waals surface area contributed by atoms with Crippen molar-refractivity contribution in [3.63, 3.8) is 0 Å². The van der Waals surface area contributed by atoms with Crippen LogP contribution in [0.3, 0.4) is 0 Å². The van der Waals surface area contributed by atoms with Gasteiger partial charge >= 0.3 is 0 Å². The molecule has 0 bridgehead atoms. The number of rotatable bonds is 5. The molecule has 122 valence electrons. The number of hydrogen-bond donors (Lipinski definition) is 2. The number of likely N-dealkylation sites (tertiary alicyclic amines) is 1. The van der Waals surface area contributed by atoms with Gasteiger partial charge in [-0.2, -0.15) is 0 Å². The van der Waals surface area contributed by atoms with Crippen LogP contribution in [0.25, 0.3) is 0 Å². The van der Waals surface area contributed by atoms with Crippen LogP contribution in [0.1, 0.15) is 44.2 Å². The zero-order chi connectivity index (χ0) is 15.4. The molecule has 1 saturated heterocycles. The summed E-state index contributed by atoms with van der Waals surface area (Å²) in [7, 11) is 0. The lowest BCUT2D eigenvalue weighted by Gasteiger charge is -2.25. The molecule has 0 spiro atoms. The van der Waals surface area contributed by atoms with Crippen LogP contribution in [0.4, 0.5) is 5.13 Å². The van der Waals surface area contributed by atoms with Crippen molar-refractivity contribution in [1.82, 2.24) is 9.88 Å². The van der Waals surface area contributed by atoms with Gasteiger partial charge in [-0.3, -0.25) is 9.69 Å². The van der Waals surface area contributed by atoms with Crippen molar-refractivity contribution in [2.45, 2.75) is 45.1 Å². The molecule has 0 radical (unpaired) electrons. The van der Waals surface area contributed by atoms with Gasteiger partial charge in [0.05, 0.1) is 5.69 Å². The second-order valence-electron chi connectivity index (χ2n) is 6.50. The third kappa shape index (κ3) is 3.86. The van der Waals surface area contributed by atoms with Crippen molar-refractivity contribution in [3.05, 3.63) is 11.1 Å². The fourth-order valence-corrected chi connectivity index (χ4v) is 4.35. The second kappa shape index (κ2) is 7.53. The van der Waals surface area contributed by atoms with Crippen LogP contribution in [-0.2, 0) is 11.3 Å². The number of thiazole rings is 1. The number of nitrogens with one attached hydrogen (secondary N) is 1. The van der Waals surface area contributed by atoms with Gasteiger partial charge in [-0.25, -0.2) is 4.98 Å². The highest BCUT2D eigenvalue weighted by atomic mass is 32.1. The Morgan fingerprint density at radius 1 is 1.32 bits per heavy atom. The van der Waals surface area contributed by atoms with Gasteiger partial charge in [0, 0.05) is 17.8 Å². The highest BCUT2D eigenvalue weighted by molar-refractivity contribution is 7.13. The first-order valence-electron chi connectivity index (χ1n) is 8.44. The quantitative estimate of drug-likeness (QED) is 0.873. The molecule has 2 aliphatic rings. The van der Waals surface area contributed by atoms with Gasteiger partial charge < -0.3 is 11.1 Å². The van der Waals surface area contributed by atoms with Crippen LogP contribution in [-0.4, -0.2) is 35.4 Å². The van der Waals surface area contributed by atoms with Gasteiger partial charge in [0.25, 0.3) is 0 Å². The molecular formula is C16H26N4OS. The summed E-state index contributed by atoms with van der Waals surface area (Å²) >= 11 is 1.53. The van der Waals surface area contributed by atoms with Crippen LogP contribution in [0.5, 0.6) is 0 Å². The minimum atomic E-state index is 0.0689. The molecule has 6 heteroatoms. The largest absolute Gasteiger partial charge is 0.330 e. The van der Waals surface area contributed by atoms with E-state index in [0.717, 1.165) is 36.6 Å². The fourth-order valence-electron chi connectivity index (χ4n) is 3.65. The molecule has 0 aromatic carbocycles. The van der Waals surface area contributed by atoms with Gasteiger partial charge in [-0.1, -0.05) is 12.8 Å². The van der Waals surface area contributed by atoms with E-state index in [2.05, 4.69) is 20.6 Å². The van der Waals surface area contributed by atoms with Gasteiger partial charge in [-0.05, 0) is 51.2 Å². The third-order valence-corrected chi connectivity index (χ3v) is 5.72. The summed E-state index contributed by atoms with van der Waals surface area (Å²) in [6.07, 6.45) is 7.06. The summed E-state index contributed by atoms with van der Waals surface area (Å²) in [5, 5.41) is 5.80. The Bertz CT molecular complexity index is 498. The number of anilines is 1. The Balaban J connectivity index is 1.53. The van der Waals surface area contributed by atoms with Crippen molar-refractivity contribution in [2.75, 3.05) is 25.0 Å². The highest BCUT2D eigenvalue weighted by Gasteiger charge is 2.32. The first-order valence-corrected chi connectivity index (χ1v) is 9.32. The number of carbonyl (C=O) groups excluding carboxylic acids is 1. The number of hydrogen-bond acceptors (Lipinski definition) is 5. The summed E-state index contributed by atoms with van der Waals surface area (Å²) in [4.78, 5) is 19.4. The van der Waals surface area contributed by atoms with Crippen molar-refractivity contribution >= 4 is 22.4 Å². The molecule has 1 aliphatic carbocycles. The summed E-state index contributed by atoms with van der Waals surface area (Å²) in [5.41, 5.74) is 6.84. The smallest absolute Gasteiger partial charge is 0.229 e. The SMILES string of the molecule is NC[C@H]1CCC[C@H]1C(=O)Nc1nc(CN2CCCCC2)cs1. The number of aromatic nitrogens is 1. The number of amides is 1. The maximum atomic E-state index is 12.4. The molecule has 3 N–H and O–H groups in total. The van der Waals surface area contributed by atoms with E-state index in [1.807, 2.05) is 0 Å². The van der Waals surface area contributed by atoms with Gasteiger partial charge in [-0.15, -0.1) is 11.3 Å². The van der Waals surface area contributed by atoms with Crippen molar-refractivity contribution in [1.29, 1.82) is 0 Å². The first-order chi connectivity index (χ1) is 10.8. The lowest BCUT2D eigenvalue weighted by Crippen LogP contribution is -2.30. The maximum absolute atomic E-state index is 12.4. The molecule has 22 heavy (non-hydrogen) atoms. The van der Waals surface area contributed by atoms with Crippen LogP contribution < -0.4 is 11.1 Å². The summed E-state index contributed by atoms with van der Waals surface area (Å²) in [5.74, 6) is 0.513. The average Bonchev–Trinajstić information content (AvgIpc) is 3.17. The lowest BCUT2D eigenvalue weighted by molar-refractivity contribution is -0.120.